The molecule has 1 aromatic heterocycles. The lowest BCUT2D eigenvalue weighted by Crippen LogP contribution is -2.29. The highest BCUT2D eigenvalue weighted by Gasteiger charge is 2.05. The monoisotopic (exact) mass is 255 g/mol. The molecule has 102 valence electrons. The average molecular weight is 255 g/mol. The number of hydrogen-bond acceptors (Lipinski definition) is 4. The molecular weight excluding hydrogens is 234 g/mol. The van der Waals surface area contributed by atoms with Gasteiger partial charge in [-0.25, -0.2) is 0 Å². The molecule has 18 heavy (non-hydrogen) atoms. The smallest absolute Gasteiger partial charge is 0.221 e. The molecule has 1 atom stereocenters. The Morgan fingerprint density at radius 3 is 3.06 bits per heavy atom. The number of carbonyl (C=O) groups is 1. The molecule has 0 saturated heterocycles. The number of aryl methyl sites for hydroxylation is 2. The molecular formula is C12H21N3O3. The Bertz CT molecular complexity index is 365. The van der Waals surface area contributed by atoms with Crippen LogP contribution in [0.15, 0.2) is 12.4 Å². The lowest BCUT2D eigenvalue weighted by molar-refractivity contribution is -0.121. The molecule has 0 radical (unpaired) electrons. The fourth-order valence-corrected chi connectivity index (χ4v) is 1.55. The van der Waals surface area contributed by atoms with Crippen molar-refractivity contribution in [3.05, 3.63) is 18.0 Å². The van der Waals surface area contributed by atoms with E-state index in [4.69, 9.17) is 4.74 Å². The number of aromatic nitrogens is 2. The van der Waals surface area contributed by atoms with E-state index in [1.165, 1.54) is 7.11 Å². The second-order valence-electron chi connectivity index (χ2n) is 4.28. The molecule has 0 bridgehead atoms. The van der Waals surface area contributed by atoms with Gasteiger partial charge in [0, 0.05) is 32.8 Å². The average Bonchev–Trinajstić information content (AvgIpc) is 2.73. The highest BCUT2D eigenvalue weighted by molar-refractivity contribution is 5.75. The first-order valence-corrected chi connectivity index (χ1v) is 6.04. The minimum absolute atomic E-state index is 0.0345. The number of nitrogens with zero attached hydrogens (tertiary/aromatic N) is 2. The van der Waals surface area contributed by atoms with Crippen molar-refractivity contribution in [3.8, 4) is 0 Å². The van der Waals surface area contributed by atoms with Gasteiger partial charge in [0.15, 0.2) is 0 Å². The highest BCUT2D eigenvalue weighted by atomic mass is 16.5. The van der Waals surface area contributed by atoms with Crippen molar-refractivity contribution in [1.82, 2.24) is 15.1 Å². The molecule has 0 saturated carbocycles. The Hall–Kier alpha value is -1.40. The molecule has 0 aliphatic carbocycles. The zero-order valence-electron chi connectivity index (χ0n) is 10.9. The fraction of sp³-hybridized carbons (Fsp3) is 0.667. The Labute approximate surface area is 107 Å². The number of methoxy groups -OCH3 is 1. The number of ether oxygens (including phenoxy) is 1. The summed E-state index contributed by atoms with van der Waals surface area (Å²) in [5.74, 6) is -0.0345. The second-order valence-corrected chi connectivity index (χ2v) is 4.28. The fourth-order valence-electron chi connectivity index (χ4n) is 1.55. The summed E-state index contributed by atoms with van der Waals surface area (Å²) in [6.45, 7) is 3.28. The van der Waals surface area contributed by atoms with E-state index in [0.717, 1.165) is 5.56 Å². The van der Waals surface area contributed by atoms with Crippen molar-refractivity contribution in [2.45, 2.75) is 32.4 Å². The predicted molar refractivity (Wildman–Crippen MR) is 67.1 cm³/mol. The summed E-state index contributed by atoms with van der Waals surface area (Å²) in [5, 5.41) is 16.2. The van der Waals surface area contributed by atoms with Crippen molar-refractivity contribution < 1.29 is 14.6 Å². The molecule has 0 aromatic carbocycles. The van der Waals surface area contributed by atoms with Gasteiger partial charge in [-0.1, -0.05) is 0 Å². The first kappa shape index (κ1) is 14.7. The molecule has 1 aromatic rings. The number of aliphatic hydroxyl groups is 1. The van der Waals surface area contributed by atoms with Gasteiger partial charge in [-0.05, 0) is 18.9 Å². The Morgan fingerprint density at radius 1 is 1.67 bits per heavy atom. The molecule has 0 aliphatic rings. The lowest BCUT2D eigenvalue weighted by atomic mass is 10.2. The molecule has 1 rings (SSSR count). The summed E-state index contributed by atoms with van der Waals surface area (Å²) < 4.78 is 6.54. The third kappa shape index (κ3) is 5.79. The molecule has 0 spiro atoms. The summed E-state index contributed by atoms with van der Waals surface area (Å²) in [5.41, 5.74) is 1.08. The van der Waals surface area contributed by atoms with Crippen molar-refractivity contribution in [1.29, 1.82) is 0 Å². The van der Waals surface area contributed by atoms with Crippen molar-refractivity contribution in [2.24, 2.45) is 0 Å². The van der Waals surface area contributed by atoms with Crippen LogP contribution in [0.1, 0.15) is 18.4 Å². The number of aliphatic hydroxyl groups excluding tert-OH is 1. The molecule has 1 unspecified atom stereocenters. The first-order valence-electron chi connectivity index (χ1n) is 6.04. The molecule has 0 aliphatic heterocycles. The zero-order chi connectivity index (χ0) is 13.4. The standard InChI is InChI=1S/C12H21N3O3/c1-10-7-14-15(8-10)6-4-12(17)13-5-3-11(16)9-18-2/h7-8,11,16H,3-6,9H2,1-2H3,(H,13,17). The summed E-state index contributed by atoms with van der Waals surface area (Å²) in [6.07, 6.45) is 4.03. The van der Waals surface area contributed by atoms with Gasteiger partial charge in [-0.15, -0.1) is 0 Å². The van der Waals surface area contributed by atoms with Gasteiger partial charge >= 0.3 is 0 Å². The SMILES string of the molecule is COCC(O)CCNC(=O)CCn1cc(C)cn1. The van der Waals surface area contributed by atoms with E-state index < -0.39 is 6.10 Å². The van der Waals surface area contributed by atoms with Crippen LogP contribution in [0.3, 0.4) is 0 Å². The van der Waals surface area contributed by atoms with Crippen molar-refractivity contribution >= 4 is 5.91 Å². The predicted octanol–water partition coefficient (Wildman–Crippen LogP) is 0.0952. The third-order valence-electron chi connectivity index (χ3n) is 2.49. The number of rotatable bonds is 8. The highest BCUT2D eigenvalue weighted by Crippen LogP contribution is 1.96. The van der Waals surface area contributed by atoms with Gasteiger partial charge in [0.1, 0.15) is 0 Å². The minimum Gasteiger partial charge on any atom is -0.391 e. The Balaban J connectivity index is 2.10. The number of hydrogen-bond donors (Lipinski definition) is 2. The molecule has 6 heteroatoms. The second kappa shape index (κ2) is 7.84. The van der Waals surface area contributed by atoms with Crippen LogP contribution < -0.4 is 5.32 Å². The normalized spacial score (nSPS) is 12.4. The van der Waals surface area contributed by atoms with Crippen molar-refractivity contribution in [2.75, 3.05) is 20.3 Å². The van der Waals surface area contributed by atoms with Gasteiger partial charge < -0.3 is 15.2 Å². The van der Waals surface area contributed by atoms with E-state index in [1.807, 2.05) is 13.1 Å². The van der Waals surface area contributed by atoms with Crippen LogP contribution in [0, 0.1) is 6.92 Å². The number of nitrogens with one attached hydrogen (secondary N) is 1. The van der Waals surface area contributed by atoms with Gasteiger partial charge in [-0.2, -0.15) is 5.10 Å². The van der Waals surface area contributed by atoms with Gasteiger partial charge in [-0.3, -0.25) is 9.48 Å². The Morgan fingerprint density at radius 2 is 2.44 bits per heavy atom. The third-order valence-corrected chi connectivity index (χ3v) is 2.49. The van der Waals surface area contributed by atoms with Crippen molar-refractivity contribution in [3.63, 3.8) is 0 Å². The molecule has 6 nitrogen and oxygen atoms in total. The van der Waals surface area contributed by atoms with Gasteiger partial charge in [0.05, 0.1) is 18.9 Å². The van der Waals surface area contributed by atoms with E-state index >= 15 is 0 Å². The summed E-state index contributed by atoms with van der Waals surface area (Å²) in [4.78, 5) is 11.5. The number of carbonyl (C=O) groups excluding carboxylic acids is 1. The van der Waals surface area contributed by atoms with E-state index in [-0.39, 0.29) is 5.91 Å². The van der Waals surface area contributed by atoms with Crippen LogP contribution >= 0.6 is 0 Å². The molecule has 0 fully saturated rings. The van der Waals surface area contributed by atoms with Crippen LogP contribution in [0.2, 0.25) is 0 Å². The van der Waals surface area contributed by atoms with Crippen LogP contribution in [0.4, 0.5) is 0 Å². The summed E-state index contributed by atoms with van der Waals surface area (Å²) in [6, 6.07) is 0. The van der Waals surface area contributed by atoms with Crippen LogP contribution in [-0.4, -0.2) is 47.2 Å². The van der Waals surface area contributed by atoms with Crippen LogP contribution in [0.5, 0.6) is 0 Å². The number of amides is 1. The van der Waals surface area contributed by atoms with E-state index in [1.54, 1.807) is 10.9 Å². The first-order chi connectivity index (χ1) is 8.61. The Kier molecular flexibility index (Phi) is 6.38. The topological polar surface area (TPSA) is 76.4 Å². The molecule has 2 N–H and O–H groups in total. The lowest BCUT2D eigenvalue weighted by Gasteiger charge is -2.10. The van der Waals surface area contributed by atoms with E-state index in [0.29, 0.717) is 32.5 Å². The minimum atomic E-state index is -0.524. The molecule has 1 heterocycles. The van der Waals surface area contributed by atoms with Gasteiger partial charge in [0.25, 0.3) is 0 Å². The quantitative estimate of drug-likeness (QED) is 0.690. The summed E-state index contributed by atoms with van der Waals surface area (Å²) in [7, 11) is 1.54. The van der Waals surface area contributed by atoms with E-state index in [2.05, 4.69) is 10.4 Å². The van der Waals surface area contributed by atoms with E-state index in [9.17, 15) is 9.90 Å². The maximum absolute atomic E-state index is 11.5. The summed E-state index contributed by atoms with van der Waals surface area (Å²) >= 11 is 0. The largest absolute Gasteiger partial charge is 0.391 e. The van der Waals surface area contributed by atoms with Crippen LogP contribution in [-0.2, 0) is 16.1 Å². The van der Waals surface area contributed by atoms with Crippen LogP contribution in [0.25, 0.3) is 0 Å². The zero-order valence-corrected chi connectivity index (χ0v) is 10.9. The maximum atomic E-state index is 11.5. The van der Waals surface area contributed by atoms with Gasteiger partial charge in [0.2, 0.25) is 5.91 Å². The maximum Gasteiger partial charge on any atom is 0.221 e. The molecule has 1 amide bonds.